The normalized spacial score (nSPS) is 14.8. The number of benzene rings is 1. The first-order chi connectivity index (χ1) is 8.52. The molecule has 0 radical (unpaired) electrons. The van der Waals surface area contributed by atoms with Crippen LogP contribution in [0.3, 0.4) is 0 Å². The van der Waals surface area contributed by atoms with Crippen LogP contribution < -0.4 is 5.73 Å². The first-order valence-electron chi connectivity index (χ1n) is 6.96. The van der Waals surface area contributed by atoms with Crippen molar-refractivity contribution in [3.63, 3.8) is 0 Å². The van der Waals surface area contributed by atoms with Gasteiger partial charge in [0.05, 0.1) is 6.10 Å². The fourth-order valence-corrected chi connectivity index (χ4v) is 2.32. The number of aliphatic hydroxyl groups is 1. The summed E-state index contributed by atoms with van der Waals surface area (Å²) in [5.74, 6) is 0.822. The van der Waals surface area contributed by atoms with Crippen molar-refractivity contribution < 1.29 is 5.11 Å². The van der Waals surface area contributed by atoms with Crippen molar-refractivity contribution in [2.24, 2.45) is 17.6 Å². The average Bonchev–Trinajstić information content (AvgIpc) is 2.34. The molecule has 0 spiro atoms. The predicted molar refractivity (Wildman–Crippen MR) is 77.5 cm³/mol. The highest BCUT2D eigenvalue weighted by atomic mass is 16.3. The van der Waals surface area contributed by atoms with Crippen molar-refractivity contribution in [3.05, 3.63) is 35.4 Å². The summed E-state index contributed by atoms with van der Waals surface area (Å²) >= 11 is 0. The van der Waals surface area contributed by atoms with Gasteiger partial charge in [-0.1, -0.05) is 43.7 Å². The van der Waals surface area contributed by atoms with Crippen LogP contribution in [0.15, 0.2) is 24.3 Å². The third-order valence-corrected chi connectivity index (χ3v) is 3.47. The summed E-state index contributed by atoms with van der Waals surface area (Å²) in [7, 11) is 0. The fraction of sp³-hybridized carbons (Fsp3) is 0.625. The summed E-state index contributed by atoms with van der Waals surface area (Å²) in [6, 6.07) is 8.52. The summed E-state index contributed by atoms with van der Waals surface area (Å²) in [4.78, 5) is 0. The largest absolute Gasteiger partial charge is 0.393 e. The van der Waals surface area contributed by atoms with E-state index in [-0.39, 0.29) is 12.0 Å². The Balaban J connectivity index is 2.43. The summed E-state index contributed by atoms with van der Waals surface area (Å²) in [6.07, 6.45) is 2.46. The van der Waals surface area contributed by atoms with Crippen molar-refractivity contribution in [1.29, 1.82) is 0 Å². The summed E-state index contributed by atoms with van der Waals surface area (Å²) in [5.41, 5.74) is 8.32. The molecule has 0 heterocycles. The molecule has 2 heteroatoms. The van der Waals surface area contributed by atoms with E-state index in [1.54, 1.807) is 0 Å². The Kier molecular flexibility index (Phi) is 6.37. The van der Waals surface area contributed by atoms with E-state index in [9.17, 15) is 5.11 Å². The Morgan fingerprint density at radius 3 is 2.28 bits per heavy atom. The van der Waals surface area contributed by atoms with Gasteiger partial charge in [-0.25, -0.2) is 0 Å². The van der Waals surface area contributed by atoms with Crippen LogP contribution in [0.25, 0.3) is 0 Å². The van der Waals surface area contributed by atoms with Crippen molar-refractivity contribution >= 4 is 0 Å². The molecule has 2 unspecified atom stereocenters. The second kappa shape index (κ2) is 7.55. The Morgan fingerprint density at radius 2 is 1.78 bits per heavy atom. The highest BCUT2D eigenvalue weighted by Crippen LogP contribution is 2.18. The molecule has 0 bridgehead atoms. The predicted octanol–water partition coefficient (Wildman–Crippen LogP) is 2.91. The smallest absolute Gasteiger partial charge is 0.0583 e. The minimum absolute atomic E-state index is 0.232. The van der Waals surface area contributed by atoms with Gasteiger partial charge >= 0.3 is 0 Å². The van der Waals surface area contributed by atoms with Crippen LogP contribution >= 0.6 is 0 Å². The molecule has 0 fully saturated rings. The van der Waals surface area contributed by atoms with Gasteiger partial charge in [0.25, 0.3) is 0 Å². The monoisotopic (exact) mass is 249 g/mol. The van der Waals surface area contributed by atoms with Crippen LogP contribution in [0.4, 0.5) is 0 Å². The fourth-order valence-electron chi connectivity index (χ4n) is 2.32. The number of hydrogen-bond donors (Lipinski definition) is 2. The number of aliphatic hydroxyl groups excluding tert-OH is 1. The molecule has 0 aromatic heterocycles. The van der Waals surface area contributed by atoms with E-state index in [1.807, 2.05) is 0 Å². The minimum atomic E-state index is -0.279. The van der Waals surface area contributed by atoms with Crippen LogP contribution in [0.1, 0.15) is 37.8 Å². The van der Waals surface area contributed by atoms with Gasteiger partial charge < -0.3 is 10.8 Å². The molecule has 2 atom stereocenters. The van der Waals surface area contributed by atoms with Crippen molar-refractivity contribution in [2.75, 3.05) is 6.54 Å². The maximum atomic E-state index is 10.2. The van der Waals surface area contributed by atoms with E-state index in [0.717, 1.165) is 19.3 Å². The topological polar surface area (TPSA) is 46.2 Å². The molecule has 0 aliphatic carbocycles. The molecule has 3 N–H and O–H groups in total. The first kappa shape index (κ1) is 15.2. The second-order valence-electron chi connectivity index (χ2n) is 5.72. The van der Waals surface area contributed by atoms with Crippen molar-refractivity contribution in [2.45, 2.75) is 46.1 Å². The van der Waals surface area contributed by atoms with E-state index in [1.165, 1.54) is 11.1 Å². The Hall–Kier alpha value is -0.860. The number of rotatable bonds is 7. The molecule has 0 aliphatic rings. The Labute approximate surface area is 111 Å². The van der Waals surface area contributed by atoms with Crippen LogP contribution in [0, 0.1) is 18.8 Å². The highest BCUT2D eigenvalue weighted by molar-refractivity contribution is 5.21. The molecular weight excluding hydrogens is 222 g/mol. The SMILES string of the molecule is Cc1ccc(CCC(O)C(CN)CC(C)C)cc1. The lowest BCUT2D eigenvalue weighted by Gasteiger charge is -2.23. The van der Waals surface area contributed by atoms with Gasteiger partial charge in [0.2, 0.25) is 0 Å². The van der Waals surface area contributed by atoms with Gasteiger partial charge in [-0.2, -0.15) is 0 Å². The van der Waals surface area contributed by atoms with E-state index in [4.69, 9.17) is 5.73 Å². The van der Waals surface area contributed by atoms with Gasteiger partial charge in [0.15, 0.2) is 0 Å². The van der Waals surface area contributed by atoms with Crippen LogP contribution in [-0.4, -0.2) is 17.8 Å². The lowest BCUT2D eigenvalue weighted by atomic mass is 9.89. The third-order valence-electron chi connectivity index (χ3n) is 3.47. The zero-order chi connectivity index (χ0) is 13.5. The van der Waals surface area contributed by atoms with Gasteiger partial charge in [0, 0.05) is 0 Å². The van der Waals surface area contributed by atoms with E-state index in [0.29, 0.717) is 12.5 Å². The van der Waals surface area contributed by atoms with Crippen LogP contribution in [0.5, 0.6) is 0 Å². The van der Waals surface area contributed by atoms with E-state index in [2.05, 4.69) is 45.0 Å². The zero-order valence-electron chi connectivity index (χ0n) is 11.9. The molecule has 0 aliphatic heterocycles. The summed E-state index contributed by atoms with van der Waals surface area (Å²) in [5, 5.41) is 10.2. The molecule has 2 nitrogen and oxygen atoms in total. The number of nitrogens with two attached hydrogens (primary N) is 1. The lowest BCUT2D eigenvalue weighted by molar-refractivity contribution is 0.0912. The maximum absolute atomic E-state index is 10.2. The van der Waals surface area contributed by atoms with Gasteiger partial charge in [-0.05, 0) is 50.1 Å². The van der Waals surface area contributed by atoms with Gasteiger partial charge in [-0.15, -0.1) is 0 Å². The molecule has 0 saturated heterocycles. The highest BCUT2D eigenvalue weighted by Gasteiger charge is 2.18. The molecule has 0 amide bonds. The lowest BCUT2D eigenvalue weighted by Crippen LogP contribution is -2.29. The van der Waals surface area contributed by atoms with Crippen molar-refractivity contribution in [1.82, 2.24) is 0 Å². The van der Waals surface area contributed by atoms with Crippen LogP contribution in [0.2, 0.25) is 0 Å². The summed E-state index contributed by atoms with van der Waals surface area (Å²) < 4.78 is 0. The van der Waals surface area contributed by atoms with E-state index < -0.39 is 0 Å². The van der Waals surface area contributed by atoms with Gasteiger partial charge in [-0.3, -0.25) is 0 Å². The zero-order valence-corrected chi connectivity index (χ0v) is 11.9. The van der Waals surface area contributed by atoms with Crippen LogP contribution in [-0.2, 0) is 6.42 Å². The van der Waals surface area contributed by atoms with Gasteiger partial charge in [0.1, 0.15) is 0 Å². The Morgan fingerprint density at radius 1 is 1.17 bits per heavy atom. The average molecular weight is 249 g/mol. The molecule has 1 rings (SSSR count). The molecule has 0 saturated carbocycles. The Bertz CT molecular complexity index is 331. The summed E-state index contributed by atoms with van der Waals surface area (Å²) in [6.45, 7) is 7.02. The molecule has 18 heavy (non-hydrogen) atoms. The molecule has 102 valence electrons. The van der Waals surface area contributed by atoms with Crippen molar-refractivity contribution in [3.8, 4) is 0 Å². The first-order valence-corrected chi connectivity index (χ1v) is 6.96. The second-order valence-corrected chi connectivity index (χ2v) is 5.72. The quantitative estimate of drug-likeness (QED) is 0.780. The minimum Gasteiger partial charge on any atom is -0.393 e. The number of hydrogen-bond acceptors (Lipinski definition) is 2. The molecule has 1 aromatic carbocycles. The third kappa shape index (κ3) is 5.19. The maximum Gasteiger partial charge on any atom is 0.0583 e. The van der Waals surface area contributed by atoms with E-state index >= 15 is 0 Å². The molecular formula is C16H27NO. The number of aryl methyl sites for hydroxylation is 2. The standard InChI is InChI=1S/C16H27NO/c1-12(2)10-15(11-17)16(18)9-8-14-6-4-13(3)5-7-14/h4-7,12,15-16,18H,8-11,17H2,1-3H3. The molecule has 1 aromatic rings.